The van der Waals surface area contributed by atoms with Crippen LogP contribution in [-0.4, -0.2) is 6.29 Å². The normalized spacial score (nSPS) is 14.0. The zero-order valence-corrected chi connectivity index (χ0v) is 14.0. The van der Waals surface area contributed by atoms with Gasteiger partial charge in [0.15, 0.2) is 0 Å². The van der Waals surface area contributed by atoms with Gasteiger partial charge < -0.3 is 0 Å². The molecule has 0 atom stereocenters. The van der Waals surface area contributed by atoms with Gasteiger partial charge in [0.2, 0.25) is 0 Å². The van der Waals surface area contributed by atoms with E-state index in [1.54, 1.807) is 6.08 Å². The number of allylic oxidation sites excluding steroid dienone is 12. The molecule has 0 aromatic heterocycles. The highest BCUT2D eigenvalue weighted by Gasteiger charge is 1.87. The predicted molar refractivity (Wildman–Crippen MR) is 94.3 cm³/mol. The van der Waals surface area contributed by atoms with E-state index in [1.807, 2.05) is 25.2 Å². The Morgan fingerprint density at radius 1 is 0.810 bits per heavy atom. The second-order valence-electron chi connectivity index (χ2n) is 5.51. The van der Waals surface area contributed by atoms with E-state index in [1.165, 1.54) is 16.7 Å². The monoisotopic (exact) mass is 284 g/mol. The molecule has 0 aromatic carbocycles. The summed E-state index contributed by atoms with van der Waals surface area (Å²) in [6.45, 7) is 10.4. The van der Waals surface area contributed by atoms with E-state index in [0.29, 0.717) is 0 Å². The van der Waals surface area contributed by atoms with Crippen molar-refractivity contribution in [2.24, 2.45) is 0 Å². The summed E-state index contributed by atoms with van der Waals surface area (Å²) >= 11 is 0. The van der Waals surface area contributed by atoms with E-state index in [-0.39, 0.29) is 0 Å². The van der Waals surface area contributed by atoms with Crippen molar-refractivity contribution in [3.8, 4) is 0 Å². The molecule has 0 radical (unpaired) electrons. The van der Waals surface area contributed by atoms with Gasteiger partial charge in [0.25, 0.3) is 0 Å². The van der Waals surface area contributed by atoms with Gasteiger partial charge in [-0.1, -0.05) is 59.3 Å². The molecular weight excluding hydrogens is 256 g/mol. The molecule has 0 bridgehead atoms. The minimum Gasteiger partial charge on any atom is -0.299 e. The summed E-state index contributed by atoms with van der Waals surface area (Å²) in [5.74, 6) is 0. The van der Waals surface area contributed by atoms with E-state index in [0.717, 1.165) is 24.7 Å². The molecule has 0 saturated carbocycles. The van der Waals surface area contributed by atoms with Crippen molar-refractivity contribution in [2.75, 3.05) is 0 Å². The molecule has 1 nitrogen and oxygen atoms in total. The molecule has 0 aromatic rings. The Morgan fingerprint density at radius 2 is 1.38 bits per heavy atom. The van der Waals surface area contributed by atoms with Crippen molar-refractivity contribution in [1.82, 2.24) is 0 Å². The van der Waals surface area contributed by atoms with E-state index >= 15 is 0 Å². The summed E-state index contributed by atoms with van der Waals surface area (Å²) in [6, 6.07) is 0. The molecule has 21 heavy (non-hydrogen) atoms. The predicted octanol–water partition coefficient (Wildman–Crippen LogP) is 5.88. The quantitative estimate of drug-likeness (QED) is 0.235. The van der Waals surface area contributed by atoms with Gasteiger partial charge in [-0.15, -0.1) is 0 Å². The van der Waals surface area contributed by atoms with Crippen LogP contribution in [-0.2, 0) is 4.79 Å². The fourth-order valence-corrected chi connectivity index (χ4v) is 1.61. The minimum atomic E-state index is 0.805. The highest BCUT2D eigenvalue weighted by molar-refractivity contribution is 5.66. The van der Waals surface area contributed by atoms with Crippen molar-refractivity contribution in [3.63, 3.8) is 0 Å². The number of hydrogen-bond donors (Lipinski definition) is 0. The van der Waals surface area contributed by atoms with Crippen LogP contribution in [0.4, 0.5) is 0 Å². The fraction of sp³-hybridized carbons (Fsp3) is 0.350. The third kappa shape index (κ3) is 12.9. The topological polar surface area (TPSA) is 17.1 Å². The Kier molecular flexibility index (Phi) is 10.8. The summed E-state index contributed by atoms with van der Waals surface area (Å²) < 4.78 is 0. The van der Waals surface area contributed by atoms with Gasteiger partial charge in [-0.3, -0.25) is 4.79 Å². The van der Waals surface area contributed by atoms with Gasteiger partial charge in [-0.25, -0.2) is 0 Å². The lowest BCUT2D eigenvalue weighted by molar-refractivity contribution is -0.104. The zero-order chi connectivity index (χ0) is 16.1. The number of carbonyl (C=O) groups is 1. The lowest BCUT2D eigenvalue weighted by Gasteiger charge is -1.96. The van der Waals surface area contributed by atoms with Crippen molar-refractivity contribution in [2.45, 2.75) is 47.5 Å². The first-order valence-electron chi connectivity index (χ1n) is 7.40. The van der Waals surface area contributed by atoms with Crippen molar-refractivity contribution in [1.29, 1.82) is 0 Å². The van der Waals surface area contributed by atoms with Gasteiger partial charge in [0.1, 0.15) is 6.29 Å². The highest BCUT2D eigenvalue weighted by Crippen LogP contribution is 2.07. The lowest BCUT2D eigenvalue weighted by atomic mass is 10.1. The molecule has 0 rings (SSSR count). The molecule has 1 heteroatoms. The second kappa shape index (κ2) is 11.9. The molecule has 0 aliphatic rings. The number of aldehydes is 1. The Bertz CT molecular complexity index is 490. The SMILES string of the molecule is CC(C)=CCC/C(C)=C/C=C/C(C)=C/C=C\C(C)=C\C=O. The van der Waals surface area contributed by atoms with Gasteiger partial charge in [0.05, 0.1) is 0 Å². The smallest absolute Gasteiger partial charge is 0.143 e. The molecule has 0 unspecified atom stereocenters. The Morgan fingerprint density at radius 3 is 1.95 bits per heavy atom. The van der Waals surface area contributed by atoms with Crippen LogP contribution in [0, 0.1) is 0 Å². The van der Waals surface area contributed by atoms with E-state index in [2.05, 4.69) is 52.0 Å². The van der Waals surface area contributed by atoms with Gasteiger partial charge >= 0.3 is 0 Å². The Labute approximate surface area is 130 Å². The highest BCUT2D eigenvalue weighted by atomic mass is 16.1. The fourth-order valence-electron chi connectivity index (χ4n) is 1.61. The van der Waals surface area contributed by atoms with Crippen molar-refractivity contribution < 1.29 is 4.79 Å². The van der Waals surface area contributed by atoms with Crippen LogP contribution in [0.15, 0.2) is 70.9 Å². The molecule has 0 saturated heterocycles. The first-order chi connectivity index (χ1) is 9.95. The standard InChI is InChI=1S/C20H28O/c1-17(2)9-6-10-18(3)11-7-12-19(4)13-8-14-20(5)15-16-21/h7-9,11-16H,6,10H2,1-5H3/b12-7+,14-8-,18-11+,19-13+,20-15+. The molecule has 0 fully saturated rings. The molecule has 0 amide bonds. The molecule has 0 N–H and O–H groups in total. The van der Waals surface area contributed by atoms with Gasteiger partial charge in [-0.05, 0) is 59.1 Å². The molecule has 0 heterocycles. The average Bonchev–Trinajstić information content (AvgIpc) is 2.38. The second-order valence-corrected chi connectivity index (χ2v) is 5.51. The van der Waals surface area contributed by atoms with E-state index in [4.69, 9.17) is 0 Å². The van der Waals surface area contributed by atoms with Crippen LogP contribution in [0.2, 0.25) is 0 Å². The van der Waals surface area contributed by atoms with Crippen LogP contribution in [0.1, 0.15) is 47.5 Å². The van der Waals surface area contributed by atoms with Crippen LogP contribution in [0.25, 0.3) is 0 Å². The van der Waals surface area contributed by atoms with Crippen molar-refractivity contribution in [3.05, 3.63) is 70.9 Å². The third-order valence-corrected chi connectivity index (χ3v) is 2.88. The maximum absolute atomic E-state index is 10.3. The third-order valence-electron chi connectivity index (χ3n) is 2.88. The summed E-state index contributed by atoms with van der Waals surface area (Å²) in [5.41, 5.74) is 4.89. The Balaban J connectivity index is 4.36. The van der Waals surface area contributed by atoms with E-state index in [9.17, 15) is 4.79 Å². The van der Waals surface area contributed by atoms with Gasteiger partial charge in [0, 0.05) is 0 Å². The maximum atomic E-state index is 10.3. The van der Waals surface area contributed by atoms with E-state index < -0.39 is 0 Å². The molecule has 0 aliphatic carbocycles. The van der Waals surface area contributed by atoms with Crippen LogP contribution in [0.3, 0.4) is 0 Å². The summed E-state index contributed by atoms with van der Waals surface area (Å²) in [7, 11) is 0. The maximum Gasteiger partial charge on any atom is 0.143 e. The van der Waals surface area contributed by atoms with Crippen LogP contribution < -0.4 is 0 Å². The average molecular weight is 284 g/mol. The summed E-state index contributed by atoms with van der Waals surface area (Å²) in [4.78, 5) is 10.3. The van der Waals surface area contributed by atoms with Gasteiger partial charge in [-0.2, -0.15) is 0 Å². The first-order valence-corrected chi connectivity index (χ1v) is 7.40. The van der Waals surface area contributed by atoms with Crippen LogP contribution in [0.5, 0.6) is 0 Å². The summed E-state index contributed by atoms with van der Waals surface area (Å²) in [5, 5.41) is 0. The molecule has 0 aliphatic heterocycles. The molecule has 0 spiro atoms. The lowest BCUT2D eigenvalue weighted by Crippen LogP contribution is -1.76. The summed E-state index contributed by atoms with van der Waals surface area (Å²) in [6.07, 6.45) is 19.1. The van der Waals surface area contributed by atoms with Crippen molar-refractivity contribution >= 4 is 6.29 Å². The Hall–Kier alpha value is -1.89. The zero-order valence-electron chi connectivity index (χ0n) is 14.0. The molecule has 114 valence electrons. The largest absolute Gasteiger partial charge is 0.299 e. The molecular formula is C20H28O. The number of hydrogen-bond acceptors (Lipinski definition) is 1. The first kappa shape index (κ1) is 19.1. The number of rotatable bonds is 8. The number of carbonyl (C=O) groups excluding carboxylic acids is 1. The minimum absolute atomic E-state index is 0.805. The van der Waals surface area contributed by atoms with Crippen LogP contribution >= 0.6 is 0 Å².